The quantitative estimate of drug-likeness (QED) is 0.849. The van der Waals surface area contributed by atoms with Crippen LogP contribution < -0.4 is 10.6 Å². The van der Waals surface area contributed by atoms with Gasteiger partial charge in [0.1, 0.15) is 5.76 Å². The first kappa shape index (κ1) is 17.3. The molecule has 2 amide bonds. The van der Waals surface area contributed by atoms with Gasteiger partial charge in [0, 0.05) is 5.54 Å². The molecule has 1 fully saturated rings. The zero-order chi connectivity index (χ0) is 17.7. The molecule has 5 heteroatoms. The van der Waals surface area contributed by atoms with E-state index >= 15 is 0 Å². The minimum Gasteiger partial charge on any atom is -0.469 e. The summed E-state index contributed by atoms with van der Waals surface area (Å²) in [7, 11) is 0. The number of hydrogen-bond acceptors (Lipinski definition) is 3. The summed E-state index contributed by atoms with van der Waals surface area (Å²) in [5.74, 6) is 0.117. The summed E-state index contributed by atoms with van der Waals surface area (Å²) in [6.07, 6.45) is 6.48. The van der Waals surface area contributed by atoms with Gasteiger partial charge in [0.05, 0.1) is 18.4 Å². The number of amides is 2. The van der Waals surface area contributed by atoms with Crippen LogP contribution in [-0.2, 0) is 11.2 Å². The molecule has 2 aromatic rings. The van der Waals surface area contributed by atoms with Crippen molar-refractivity contribution >= 4 is 11.8 Å². The molecule has 1 aliphatic rings. The van der Waals surface area contributed by atoms with Gasteiger partial charge in [-0.15, -0.1) is 0 Å². The van der Waals surface area contributed by atoms with Gasteiger partial charge in [0.2, 0.25) is 5.91 Å². The second-order valence-electron chi connectivity index (χ2n) is 6.77. The molecule has 3 rings (SSSR count). The predicted octanol–water partition coefficient (Wildman–Crippen LogP) is 2.99. The molecule has 1 aromatic carbocycles. The number of hydrogen-bond donors (Lipinski definition) is 2. The number of nitrogens with one attached hydrogen (secondary N) is 2. The van der Waals surface area contributed by atoms with E-state index in [1.54, 1.807) is 13.0 Å². The molecule has 0 unspecified atom stereocenters. The second-order valence-corrected chi connectivity index (χ2v) is 6.77. The van der Waals surface area contributed by atoms with Gasteiger partial charge < -0.3 is 15.1 Å². The van der Waals surface area contributed by atoms with Crippen LogP contribution in [0.5, 0.6) is 0 Å². The van der Waals surface area contributed by atoms with Gasteiger partial charge in [-0.05, 0) is 37.8 Å². The summed E-state index contributed by atoms with van der Waals surface area (Å²) in [4.78, 5) is 24.5. The highest BCUT2D eigenvalue weighted by Crippen LogP contribution is 2.32. The molecule has 1 aromatic heterocycles. The highest BCUT2D eigenvalue weighted by atomic mass is 16.3. The Balaban J connectivity index is 1.58. The zero-order valence-corrected chi connectivity index (χ0v) is 14.5. The summed E-state index contributed by atoms with van der Waals surface area (Å²) in [6.45, 7) is 1.70. The second kappa shape index (κ2) is 7.55. The van der Waals surface area contributed by atoms with Crippen molar-refractivity contribution in [3.8, 4) is 0 Å². The van der Waals surface area contributed by atoms with Crippen molar-refractivity contribution in [2.75, 3.05) is 6.54 Å². The van der Waals surface area contributed by atoms with Crippen molar-refractivity contribution in [3.05, 3.63) is 59.5 Å². The molecule has 0 bridgehead atoms. The number of carbonyl (C=O) groups excluding carboxylic acids is 2. The van der Waals surface area contributed by atoms with E-state index in [1.807, 2.05) is 18.2 Å². The number of aryl methyl sites for hydroxylation is 1. The van der Waals surface area contributed by atoms with Gasteiger partial charge in [-0.25, -0.2) is 0 Å². The molecule has 0 radical (unpaired) electrons. The average Bonchev–Trinajstić information content (AvgIpc) is 3.23. The molecule has 1 aliphatic carbocycles. The lowest BCUT2D eigenvalue weighted by molar-refractivity contribution is -0.122. The van der Waals surface area contributed by atoms with Crippen molar-refractivity contribution in [3.63, 3.8) is 0 Å². The number of rotatable bonds is 6. The Morgan fingerprint density at radius 2 is 1.84 bits per heavy atom. The first-order chi connectivity index (χ1) is 12.1. The molecule has 1 saturated carbocycles. The van der Waals surface area contributed by atoms with Crippen LogP contribution in [0, 0.1) is 6.92 Å². The molecule has 25 heavy (non-hydrogen) atoms. The molecule has 2 N–H and O–H groups in total. The fourth-order valence-electron chi connectivity index (χ4n) is 3.60. The maximum Gasteiger partial charge on any atom is 0.255 e. The lowest BCUT2D eigenvalue weighted by Gasteiger charge is -2.30. The number of carbonyl (C=O) groups is 2. The van der Waals surface area contributed by atoms with Crippen molar-refractivity contribution in [2.24, 2.45) is 0 Å². The first-order valence-electron chi connectivity index (χ1n) is 8.75. The van der Waals surface area contributed by atoms with Gasteiger partial charge in [-0.3, -0.25) is 9.59 Å². The third-order valence-corrected chi connectivity index (χ3v) is 4.86. The normalized spacial score (nSPS) is 15.7. The summed E-state index contributed by atoms with van der Waals surface area (Å²) in [5, 5.41) is 5.85. The average molecular weight is 340 g/mol. The van der Waals surface area contributed by atoms with Crippen LogP contribution >= 0.6 is 0 Å². The van der Waals surface area contributed by atoms with Gasteiger partial charge >= 0.3 is 0 Å². The van der Waals surface area contributed by atoms with Crippen LogP contribution in [0.25, 0.3) is 0 Å². The largest absolute Gasteiger partial charge is 0.469 e. The Kier molecular flexibility index (Phi) is 5.22. The highest BCUT2D eigenvalue weighted by molar-refractivity contribution is 5.97. The van der Waals surface area contributed by atoms with Crippen molar-refractivity contribution in [2.45, 2.75) is 44.6 Å². The van der Waals surface area contributed by atoms with E-state index in [0.29, 0.717) is 11.3 Å². The van der Waals surface area contributed by atoms with E-state index in [-0.39, 0.29) is 23.9 Å². The highest BCUT2D eigenvalue weighted by Gasteiger charge is 2.35. The summed E-state index contributed by atoms with van der Waals surface area (Å²) in [5.41, 5.74) is 1.49. The molecule has 132 valence electrons. The molecular formula is C20H24N2O3. The predicted molar refractivity (Wildman–Crippen MR) is 95.3 cm³/mol. The van der Waals surface area contributed by atoms with E-state index in [4.69, 9.17) is 4.42 Å². The lowest BCUT2D eigenvalue weighted by atomic mass is 9.89. The fraction of sp³-hybridized carbons (Fsp3) is 0.400. The van der Waals surface area contributed by atoms with Crippen molar-refractivity contribution in [1.82, 2.24) is 10.6 Å². The van der Waals surface area contributed by atoms with Crippen molar-refractivity contribution in [1.29, 1.82) is 0 Å². The van der Waals surface area contributed by atoms with E-state index in [1.165, 1.54) is 11.8 Å². The van der Waals surface area contributed by atoms with Gasteiger partial charge in [0.15, 0.2) is 0 Å². The molecule has 5 nitrogen and oxygen atoms in total. The lowest BCUT2D eigenvalue weighted by Crippen LogP contribution is -2.51. The summed E-state index contributed by atoms with van der Waals surface area (Å²) in [6, 6.07) is 11.8. The van der Waals surface area contributed by atoms with E-state index in [0.717, 1.165) is 32.1 Å². The fourth-order valence-corrected chi connectivity index (χ4v) is 3.60. The topological polar surface area (TPSA) is 71.3 Å². The van der Waals surface area contributed by atoms with Gasteiger partial charge in [-0.1, -0.05) is 43.2 Å². The van der Waals surface area contributed by atoms with E-state index < -0.39 is 0 Å². The molecule has 0 saturated heterocycles. The Morgan fingerprint density at radius 1 is 1.12 bits per heavy atom. The first-order valence-corrected chi connectivity index (χ1v) is 8.75. The van der Waals surface area contributed by atoms with Crippen molar-refractivity contribution < 1.29 is 14.0 Å². The standard InChI is InChI=1S/C20H24N2O3/c1-15-17(9-12-25-15)19(24)21-14-18(23)22-20(10-5-6-11-20)13-16-7-3-2-4-8-16/h2-4,7-9,12H,5-6,10-11,13-14H2,1H3,(H,21,24)(H,22,23). The maximum atomic E-state index is 12.4. The molecule has 1 heterocycles. The van der Waals surface area contributed by atoms with Crippen LogP contribution in [-0.4, -0.2) is 23.9 Å². The van der Waals surface area contributed by atoms with Crippen LogP contribution in [0.1, 0.15) is 47.4 Å². The van der Waals surface area contributed by atoms with Crippen LogP contribution in [0.15, 0.2) is 47.1 Å². The van der Waals surface area contributed by atoms with Crippen LogP contribution in [0.2, 0.25) is 0 Å². The third kappa shape index (κ3) is 4.29. The summed E-state index contributed by atoms with van der Waals surface area (Å²) < 4.78 is 5.12. The molecular weight excluding hydrogens is 316 g/mol. The monoisotopic (exact) mass is 340 g/mol. The number of benzene rings is 1. The Hall–Kier alpha value is -2.56. The summed E-state index contributed by atoms with van der Waals surface area (Å²) >= 11 is 0. The minimum atomic E-state index is -0.287. The van der Waals surface area contributed by atoms with Gasteiger partial charge in [0.25, 0.3) is 5.91 Å². The molecule has 0 aliphatic heterocycles. The van der Waals surface area contributed by atoms with E-state index in [9.17, 15) is 9.59 Å². The number of furan rings is 1. The van der Waals surface area contributed by atoms with Gasteiger partial charge in [-0.2, -0.15) is 0 Å². The SMILES string of the molecule is Cc1occc1C(=O)NCC(=O)NC1(Cc2ccccc2)CCCC1. The molecule has 0 spiro atoms. The third-order valence-electron chi connectivity index (χ3n) is 4.86. The van der Waals surface area contributed by atoms with E-state index in [2.05, 4.69) is 22.8 Å². The Morgan fingerprint density at radius 3 is 2.48 bits per heavy atom. The maximum absolute atomic E-state index is 12.4. The Bertz CT molecular complexity index is 730. The molecule has 0 atom stereocenters. The smallest absolute Gasteiger partial charge is 0.255 e. The van der Waals surface area contributed by atoms with Crippen LogP contribution in [0.3, 0.4) is 0 Å². The minimum absolute atomic E-state index is 0.0278. The zero-order valence-electron chi connectivity index (χ0n) is 14.5. The van der Waals surface area contributed by atoms with Crippen LogP contribution in [0.4, 0.5) is 0 Å². The Labute approximate surface area is 147 Å².